The van der Waals surface area contributed by atoms with Crippen LogP contribution in [0.4, 0.5) is 0 Å². The molecule has 0 aliphatic heterocycles. The first-order valence-corrected chi connectivity index (χ1v) is 10.9. The Hall–Kier alpha value is -1.31. The quantitative estimate of drug-likeness (QED) is 0.0820. The van der Waals surface area contributed by atoms with Gasteiger partial charge in [-0.25, -0.2) is 0 Å². The van der Waals surface area contributed by atoms with Gasteiger partial charge in [-0.2, -0.15) is 0 Å². The average Bonchev–Trinajstić information content (AvgIpc) is 2.65. The highest BCUT2D eigenvalue weighted by Crippen LogP contribution is 2.17. The second-order valence-corrected chi connectivity index (χ2v) is 7.04. The Morgan fingerprint density at radius 3 is 2.00 bits per heavy atom. The fraction of sp³-hybridized carbons (Fsp3) is 0.708. The molecular weight excluding hydrogens is 320 g/mol. The van der Waals surface area contributed by atoms with Crippen molar-refractivity contribution >= 4 is 6.29 Å². The molecule has 0 aliphatic rings. The molecular formula is C24H42O2. The zero-order valence-electron chi connectivity index (χ0n) is 17.6. The van der Waals surface area contributed by atoms with E-state index < -0.39 is 0 Å². The Labute approximate surface area is 162 Å². The fourth-order valence-corrected chi connectivity index (χ4v) is 2.87. The van der Waals surface area contributed by atoms with Crippen LogP contribution in [-0.4, -0.2) is 12.4 Å². The molecule has 0 aromatic carbocycles. The van der Waals surface area contributed by atoms with Gasteiger partial charge in [-0.3, -0.25) is 4.79 Å². The van der Waals surface area contributed by atoms with Crippen molar-refractivity contribution in [3.8, 4) is 0 Å². The Morgan fingerprint density at radius 2 is 1.42 bits per heavy atom. The van der Waals surface area contributed by atoms with Crippen LogP contribution in [0.3, 0.4) is 0 Å². The maximum absolute atomic E-state index is 11.1. The van der Waals surface area contributed by atoms with Gasteiger partial charge in [0.1, 0.15) is 12.4 Å². The molecule has 1 atom stereocenters. The molecule has 0 bridgehead atoms. The zero-order chi connectivity index (χ0) is 19.3. The van der Waals surface area contributed by atoms with Crippen LogP contribution in [0.25, 0.3) is 0 Å². The van der Waals surface area contributed by atoms with Crippen molar-refractivity contribution in [3.05, 3.63) is 36.1 Å². The lowest BCUT2D eigenvalue weighted by Crippen LogP contribution is -2.12. The summed E-state index contributed by atoms with van der Waals surface area (Å²) in [6.45, 7) is 6.65. The number of rotatable bonds is 18. The predicted molar refractivity (Wildman–Crippen MR) is 114 cm³/mol. The minimum Gasteiger partial charge on any atom is -0.494 e. The molecule has 2 heteroatoms. The van der Waals surface area contributed by atoms with Gasteiger partial charge in [-0.15, -0.1) is 0 Å². The molecule has 0 aromatic rings. The van der Waals surface area contributed by atoms with Gasteiger partial charge in [0, 0.05) is 0 Å². The number of carbonyl (C=O) groups is 1. The van der Waals surface area contributed by atoms with Gasteiger partial charge in [-0.05, 0) is 56.3 Å². The molecule has 0 saturated heterocycles. The first-order valence-electron chi connectivity index (χ1n) is 10.9. The minimum atomic E-state index is -0.0149. The van der Waals surface area contributed by atoms with Gasteiger partial charge in [-0.1, -0.05) is 77.9 Å². The monoisotopic (exact) mass is 362 g/mol. The number of ether oxygens (including phenoxy) is 1. The lowest BCUT2D eigenvalue weighted by atomic mass is 10.0. The molecule has 150 valence electrons. The second-order valence-electron chi connectivity index (χ2n) is 7.04. The van der Waals surface area contributed by atoms with E-state index in [1.165, 1.54) is 51.4 Å². The number of allylic oxidation sites excluding steroid dienone is 3. The molecule has 0 saturated carbocycles. The maximum atomic E-state index is 11.1. The molecule has 26 heavy (non-hydrogen) atoms. The number of hydrogen-bond acceptors (Lipinski definition) is 2. The third-order valence-electron chi connectivity index (χ3n) is 4.55. The standard InChI is InChI=1S/C24H42O2/c1-4-7-10-12-14-16-18-23(20-21-25)24(19-9-6-3)26-22-17-15-13-11-8-5-2/h16-18,20-22,24H,4-15,19H2,1-3H3. The molecule has 0 spiro atoms. The molecule has 0 aliphatic carbocycles. The van der Waals surface area contributed by atoms with E-state index in [9.17, 15) is 4.79 Å². The number of carbonyl (C=O) groups excluding carboxylic acids is 1. The Balaban J connectivity index is 4.53. The van der Waals surface area contributed by atoms with E-state index in [2.05, 4.69) is 39.0 Å². The highest BCUT2D eigenvalue weighted by molar-refractivity contribution is 5.67. The van der Waals surface area contributed by atoms with Crippen molar-refractivity contribution in [2.75, 3.05) is 0 Å². The normalized spacial score (nSPS) is 13.6. The van der Waals surface area contributed by atoms with Gasteiger partial charge in [0.15, 0.2) is 0 Å². The van der Waals surface area contributed by atoms with Crippen molar-refractivity contribution in [2.24, 2.45) is 0 Å². The van der Waals surface area contributed by atoms with E-state index in [4.69, 9.17) is 4.74 Å². The third kappa shape index (κ3) is 15.0. The Kier molecular flexibility index (Phi) is 19.0. The highest BCUT2D eigenvalue weighted by atomic mass is 16.5. The summed E-state index contributed by atoms with van der Waals surface area (Å²) in [5.74, 6) is 0. The number of aldehydes is 1. The summed E-state index contributed by atoms with van der Waals surface area (Å²) in [5, 5.41) is 0. The molecule has 1 unspecified atom stereocenters. The molecule has 0 fully saturated rings. The van der Waals surface area contributed by atoms with Crippen molar-refractivity contribution in [1.82, 2.24) is 0 Å². The maximum Gasteiger partial charge on any atom is 0.143 e. The van der Waals surface area contributed by atoms with Crippen LogP contribution in [0, 0.1) is 0 Å². The summed E-state index contributed by atoms with van der Waals surface area (Å²) in [5.41, 5.74) is 1.000. The van der Waals surface area contributed by atoms with Crippen LogP contribution in [0.2, 0.25) is 0 Å². The van der Waals surface area contributed by atoms with E-state index in [0.717, 1.165) is 44.0 Å². The topological polar surface area (TPSA) is 26.3 Å². The molecule has 0 amide bonds. The zero-order valence-corrected chi connectivity index (χ0v) is 17.6. The molecule has 0 rings (SSSR count). The number of unbranched alkanes of at least 4 members (excludes halogenated alkanes) is 9. The Bertz CT molecular complexity index is 393. The van der Waals surface area contributed by atoms with Crippen molar-refractivity contribution in [1.29, 1.82) is 0 Å². The van der Waals surface area contributed by atoms with Crippen LogP contribution in [0.5, 0.6) is 0 Å². The second kappa shape index (κ2) is 20.0. The van der Waals surface area contributed by atoms with Gasteiger partial charge in [0.2, 0.25) is 0 Å². The number of hydrogen-bond donors (Lipinski definition) is 0. The van der Waals surface area contributed by atoms with Crippen LogP contribution in [0.1, 0.15) is 104 Å². The summed E-state index contributed by atoms with van der Waals surface area (Å²) in [7, 11) is 0. The summed E-state index contributed by atoms with van der Waals surface area (Å²) < 4.78 is 6.00. The average molecular weight is 363 g/mol. The summed E-state index contributed by atoms with van der Waals surface area (Å²) in [6, 6.07) is 0. The van der Waals surface area contributed by atoms with E-state index >= 15 is 0 Å². The first kappa shape index (κ1) is 24.7. The summed E-state index contributed by atoms with van der Waals surface area (Å²) in [4.78, 5) is 11.1. The SMILES string of the molecule is CCCCCCC=COC(CCCC)C(C=CCCCCCC)=CC=O. The molecule has 0 heterocycles. The van der Waals surface area contributed by atoms with E-state index in [1.807, 2.05) is 6.26 Å². The Morgan fingerprint density at radius 1 is 0.808 bits per heavy atom. The lowest BCUT2D eigenvalue weighted by molar-refractivity contribution is -0.104. The molecule has 0 N–H and O–H groups in total. The summed E-state index contributed by atoms with van der Waals surface area (Å²) >= 11 is 0. The highest BCUT2D eigenvalue weighted by Gasteiger charge is 2.11. The third-order valence-corrected chi connectivity index (χ3v) is 4.55. The summed E-state index contributed by atoms with van der Waals surface area (Å²) in [6.07, 6.45) is 26.3. The van der Waals surface area contributed by atoms with E-state index in [-0.39, 0.29) is 6.10 Å². The van der Waals surface area contributed by atoms with Crippen LogP contribution >= 0.6 is 0 Å². The van der Waals surface area contributed by atoms with Crippen LogP contribution in [0.15, 0.2) is 36.1 Å². The molecule has 0 radical (unpaired) electrons. The van der Waals surface area contributed by atoms with E-state index in [0.29, 0.717) is 0 Å². The minimum absolute atomic E-state index is 0.0149. The van der Waals surface area contributed by atoms with Crippen molar-refractivity contribution in [2.45, 2.75) is 110 Å². The van der Waals surface area contributed by atoms with Gasteiger partial charge in [0.05, 0.1) is 6.26 Å². The van der Waals surface area contributed by atoms with Gasteiger partial charge in [0.25, 0.3) is 0 Å². The van der Waals surface area contributed by atoms with Gasteiger partial charge < -0.3 is 4.74 Å². The molecule has 2 nitrogen and oxygen atoms in total. The largest absolute Gasteiger partial charge is 0.494 e. The molecule has 0 aromatic heterocycles. The fourth-order valence-electron chi connectivity index (χ4n) is 2.87. The van der Waals surface area contributed by atoms with Crippen molar-refractivity contribution in [3.63, 3.8) is 0 Å². The van der Waals surface area contributed by atoms with E-state index in [1.54, 1.807) is 6.08 Å². The van der Waals surface area contributed by atoms with Gasteiger partial charge >= 0.3 is 0 Å². The van der Waals surface area contributed by atoms with Crippen LogP contribution in [-0.2, 0) is 9.53 Å². The lowest BCUT2D eigenvalue weighted by Gasteiger charge is -2.17. The predicted octanol–water partition coefficient (Wildman–Crippen LogP) is 7.70. The smallest absolute Gasteiger partial charge is 0.143 e. The first-order chi connectivity index (χ1) is 12.8. The van der Waals surface area contributed by atoms with Crippen LogP contribution < -0.4 is 0 Å². The van der Waals surface area contributed by atoms with Crippen molar-refractivity contribution < 1.29 is 9.53 Å².